The fourth-order valence-corrected chi connectivity index (χ4v) is 2.21. The molecule has 2 rings (SSSR count). The maximum Gasteiger partial charge on any atom is 0.105 e. The van der Waals surface area contributed by atoms with Crippen molar-refractivity contribution in [3.63, 3.8) is 0 Å². The van der Waals surface area contributed by atoms with Crippen LogP contribution in [0.1, 0.15) is 25.1 Å². The third-order valence-electron chi connectivity index (χ3n) is 2.71. The van der Waals surface area contributed by atoms with E-state index in [0.717, 1.165) is 10.6 Å². The van der Waals surface area contributed by atoms with Gasteiger partial charge in [0.15, 0.2) is 0 Å². The number of aryl methyl sites for hydroxylation is 1. The Labute approximate surface area is 112 Å². The van der Waals surface area contributed by atoms with Crippen LogP contribution in [0, 0.1) is 18.3 Å². The van der Waals surface area contributed by atoms with Crippen LogP contribution >= 0.6 is 11.9 Å². The van der Waals surface area contributed by atoms with Gasteiger partial charge in [-0.15, -0.1) is 0 Å². The van der Waals surface area contributed by atoms with Crippen molar-refractivity contribution in [1.29, 1.82) is 5.26 Å². The zero-order valence-corrected chi connectivity index (χ0v) is 11.5. The van der Waals surface area contributed by atoms with Crippen molar-refractivity contribution in [1.82, 2.24) is 8.96 Å². The van der Waals surface area contributed by atoms with Gasteiger partial charge in [0, 0.05) is 11.1 Å². The van der Waals surface area contributed by atoms with Gasteiger partial charge in [-0.2, -0.15) is 5.26 Å². The zero-order chi connectivity index (χ0) is 13.2. The molecule has 0 N–H and O–H groups in total. The molecule has 1 heterocycles. The number of nitrogens with zero attached hydrogens (tertiary/aromatic N) is 3. The second-order valence-electron chi connectivity index (χ2n) is 4.76. The summed E-state index contributed by atoms with van der Waals surface area (Å²) in [7, 11) is 0. The molecule has 2 aromatic rings. The second-order valence-corrected chi connectivity index (χ2v) is 5.84. The molecule has 0 bridgehead atoms. The molecule has 0 aliphatic rings. The molecule has 18 heavy (non-hydrogen) atoms. The number of aromatic nitrogens is 2. The Morgan fingerprint density at radius 2 is 1.94 bits per heavy atom. The Morgan fingerprint density at radius 3 is 2.56 bits per heavy atom. The van der Waals surface area contributed by atoms with Gasteiger partial charge < -0.3 is 0 Å². The van der Waals surface area contributed by atoms with E-state index < -0.39 is 5.41 Å². The van der Waals surface area contributed by atoms with Crippen molar-refractivity contribution in [2.45, 2.75) is 31.1 Å². The van der Waals surface area contributed by atoms with E-state index in [1.165, 1.54) is 5.56 Å². The van der Waals surface area contributed by atoms with Gasteiger partial charge in [0.05, 0.1) is 17.2 Å². The van der Waals surface area contributed by atoms with Crippen LogP contribution in [0.4, 0.5) is 0 Å². The van der Waals surface area contributed by atoms with Gasteiger partial charge in [0.25, 0.3) is 0 Å². The van der Waals surface area contributed by atoms with E-state index in [4.69, 9.17) is 5.26 Å². The highest BCUT2D eigenvalue weighted by Gasteiger charge is 2.22. The molecule has 1 aromatic heterocycles. The highest BCUT2D eigenvalue weighted by atomic mass is 32.2. The van der Waals surface area contributed by atoms with Gasteiger partial charge in [-0.25, -0.2) is 4.98 Å². The van der Waals surface area contributed by atoms with Gasteiger partial charge >= 0.3 is 0 Å². The van der Waals surface area contributed by atoms with E-state index >= 15 is 0 Å². The molecule has 0 aliphatic heterocycles. The van der Waals surface area contributed by atoms with Crippen LogP contribution < -0.4 is 0 Å². The molecule has 4 heteroatoms. The minimum atomic E-state index is -0.543. The molecule has 0 saturated carbocycles. The van der Waals surface area contributed by atoms with Crippen LogP contribution in [-0.2, 0) is 5.41 Å². The van der Waals surface area contributed by atoms with Crippen LogP contribution in [0.15, 0.2) is 41.7 Å². The molecule has 0 radical (unpaired) electrons. The number of rotatable bonds is 3. The van der Waals surface area contributed by atoms with Crippen molar-refractivity contribution in [3.05, 3.63) is 48.0 Å². The number of hydrogen-bond acceptors (Lipinski definition) is 3. The SMILES string of the molecule is Cc1ccc(Sn2cnc(C(C)(C)C#N)c2)cc1. The minimum absolute atomic E-state index is 0.543. The first-order chi connectivity index (χ1) is 8.51. The summed E-state index contributed by atoms with van der Waals surface area (Å²) in [6.45, 7) is 5.81. The van der Waals surface area contributed by atoms with Crippen LogP contribution in [0.25, 0.3) is 0 Å². The van der Waals surface area contributed by atoms with Crippen molar-refractivity contribution in [2.75, 3.05) is 0 Å². The van der Waals surface area contributed by atoms with Crippen LogP contribution in [-0.4, -0.2) is 8.96 Å². The lowest BCUT2D eigenvalue weighted by atomic mass is 9.92. The van der Waals surface area contributed by atoms with E-state index in [2.05, 4.69) is 42.2 Å². The Kier molecular flexibility index (Phi) is 3.44. The van der Waals surface area contributed by atoms with Gasteiger partial charge in [-0.05, 0) is 44.9 Å². The normalized spacial score (nSPS) is 11.2. The molecule has 0 saturated heterocycles. The molecule has 1 aromatic carbocycles. The van der Waals surface area contributed by atoms with Crippen molar-refractivity contribution >= 4 is 11.9 Å². The Hall–Kier alpha value is -1.73. The van der Waals surface area contributed by atoms with Gasteiger partial charge in [0.1, 0.15) is 6.33 Å². The summed E-state index contributed by atoms with van der Waals surface area (Å²) < 4.78 is 1.93. The molecule has 0 aliphatic carbocycles. The average Bonchev–Trinajstić information content (AvgIpc) is 2.81. The predicted octanol–water partition coefficient (Wildman–Crippen LogP) is 3.55. The van der Waals surface area contributed by atoms with Crippen LogP contribution in [0.2, 0.25) is 0 Å². The molecule has 0 amide bonds. The third-order valence-corrected chi connectivity index (χ3v) is 3.61. The first kappa shape index (κ1) is 12.7. The number of imidazole rings is 1. The van der Waals surface area contributed by atoms with Crippen LogP contribution in [0.3, 0.4) is 0 Å². The summed E-state index contributed by atoms with van der Waals surface area (Å²) in [5.74, 6) is 0. The summed E-state index contributed by atoms with van der Waals surface area (Å²) >= 11 is 1.59. The maximum atomic E-state index is 9.07. The quantitative estimate of drug-likeness (QED) is 0.844. The van der Waals surface area contributed by atoms with Crippen LogP contribution in [0.5, 0.6) is 0 Å². The summed E-state index contributed by atoms with van der Waals surface area (Å²) in [6, 6.07) is 10.6. The Balaban J connectivity index is 2.17. The fraction of sp³-hybridized carbons (Fsp3) is 0.286. The topological polar surface area (TPSA) is 41.6 Å². The number of benzene rings is 1. The molecule has 3 nitrogen and oxygen atoms in total. The van der Waals surface area contributed by atoms with Gasteiger partial charge in [0.2, 0.25) is 0 Å². The first-order valence-corrected chi connectivity index (χ1v) is 6.49. The van der Waals surface area contributed by atoms with E-state index in [1.54, 1.807) is 18.3 Å². The lowest BCUT2D eigenvalue weighted by Crippen LogP contribution is -2.14. The molecule has 0 spiro atoms. The fourth-order valence-electron chi connectivity index (χ4n) is 1.46. The maximum absolute atomic E-state index is 9.07. The molecule has 0 atom stereocenters. The first-order valence-electron chi connectivity index (χ1n) is 5.72. The largest absolute Gasteiger partial charge is 0.276 e. The predicted molar refractivity (Wildman–Crippen MR) is 73.3 cm³/mol. The van der Waals surface area contributed by atoms with E-state index in [9.17, 15) is 0 Å². The Morgan fingerprint density at radius 1 is 1.28 bits per heavy atom. The van der Waals surface area contributed by atoms with Crippen molar-refractivity contribution in [3.8, 4) is 6.07 Å². The lowest BCUT2D eigenvalue weighted by molar-refractivity contribution is 0.664. The number of nitriles is 1. The molecule has 92 valence electrons. The standard InChI is InChI=1S/C14H15N3S/c1-11-4-6-12(7-5-11)18-17-8-13(16-10-17)14(2,3)9-15/h4-8,10H,1-3H3. The van der Waals surface area contributed by atoms with Crippen molar-refractivity contribution in [2.24, 2.45) is 0 Å². The van der Waals surface area contributed by atoms with Crippen molar-refractivity contribution < 1.29 is 0 Å². The highest BCUT2D eigenvalue weighted by molar-refractivity contribution is 7.97. The monoisotopic (exact) mass is 257 g/mol. The number of hydrogen-bond donors (Lipinski definition) is 0. The lowest BCUT2D eigenvalue weighted by Gasteiger charge is -2.10. The summed E-state index contributed by atoms with van der Waals surface area (Å²) in [5, 5.41) is 9.07. The summed E-state index contributed by atoms with van der Waals surface area (Å²) in [4.78, 5) is 5.44. The Bertz CT molecular complexity index is 576. The highest BCUT2D eigenvalue weighted by Crippen LogP contribution is 2.25. The second kappa shape index (κ2) is 4.87. The molecule has 0 fully saturated rings. The zero-order valence-electron chi connectivity index (χ0n) is 10.7. The van der Waals surface area contributed by atoms with Gasteiger partial charge in [-0.3, -0.25) is 3.97 Å². The molecular weight excluding hydrogens is 242 g/mol. The third kappa shape index (κ3) is 2.74. The summed E-state index contributed by atoms with van der Waals surface area (Å²) in [5.41, 5.74) is 1.50. The summed E-state index contributed by atoms with van der Waals surface area (Å²) in [6.07, 6.45) is 3.66. The smallest absolute Gasteiger partial charge is 0.105 e. The van der Waals surface area contributed by atoms with Gasteiger partial charge in [-0.1, -0.05) is 17.7 Å². The average molecular weight is 257 g/mol. The van der Waals surface area contributed by atoms with E-state index in [0.29, 0.717) is 0 Å². The van der Waals surface area contributed by atoms with E-state index in [1.807, 2.05) is 24.0 Å². The van der Waals surface area contributed by atoms with E-state index in [-0.39, 0.29) is 0 Å². The minimum Gasteiger partial charge on any atom is -0.276 e. The molecular formula is C14H15N3S. The molecule has 0 unspecified atom stereocenters.